The van der Waals surface area contributed by atoms with Crippen LogP contribution in [0.1, 0.15) is 19.5 Å². The summed E-state index contributed by atoms with van der Waals surface area (Å²) >= 11 is 0. The fraction of sp³-hybridized carbons (Fsp3) is 0.500. The maximum Gasteiger partial charge on any atom is 0.0959 e. The predicted octanol–water partition coefficient (Wildman–Crippen LogP) is 1.59. The van der Waals surface area contributed by atoms with E-state index in [2.05, 4.69) is 4.98 Å². The molecule has 1 unspecified atom stereocenters. The van der Waals surface area contributed by atoms with Crippen molar-refractivity contribution in [3.8, 4) is 0 Å². The lowest BCUT2D eigenvalue weighted by Crippen LogP contribution is -2.15. The average molecular weight is 198 g/mol. The molecule has 0 fully saturated rings. The van der Waals surface area contributed by atoms with Crippen LogP contribution in [0.3, 0.4) is 0 Å². The lowest BCUT2D eigenvalue weighted by atomic mass is 10.4. The van der Waals surface area contributed by atoms with E-state index < -0.39 is 0 Å². The zero-order chi connectivity index (χ0) is 6.69. The van der Waals surface area contributed by atoms with Gasteiger partial charge in [-0.15, -0.1) is 24.8 Å². The third-order valence-electron chi connectivity index (χ3n) is 1.33. The minimum atomic E-state index is 0. The Labute approximate surface area is 78.8 Å². The Kier molecular flexibility index (Phi) is 7.84. The molecular formula is C6H13Cl2N3. The molecule has 5 heteroatoms. The first-order valence-corrected chi connectivity index (χ1v) is 3.07. The minimum Gasteiger partial charge on any atom is -0.322 e. The summed E-state index contributed by atoms with van der Waals surface area (Å²) in [5, 5.41) is 0. The number of nitrogens with zero attached hydrogens (tertiary/aromatic N) is 2. The Morgan fingerprint density at radius 2 is 2.18 bits per heavy atom. The maximum atomic E-state index is 5.66. The van der Waals surface area contributed by atoms with Crippen molar-refractivity contribution < 1.29 is 0 Å². The van der Waals surface area contributed by atoms with Crippen LogP contribution < -0.4 is 5.73 Å². The normalized spacial score (nSPS) is 11.1. The molecule has 11 heavy (non-hydrogen) atoms. The van der Waals surface area contributed by atoms with Crippen LogP contribution in [0.25, 0.3) is 0 Å². The molecule has 0 aliphatic carbocycles. The summed E-state index contributed by atoms with van der Waals surface area (Å²) in [5.41, 5.74) is 5.66. The van der Waals surface area contributed by atoms with Gasteiger partial charge in [0.1, 0.15) is 0 Å². The largest absolute Gasteiger partial charge is 0.322 e. The van der Waals surface area contributed by atoms with E-state index in [1.54, 1.807) is 12.5 Å². The number of hydrogen-bond acceptors (Lipinski definition) is 2. The molecule has 1 atom stereocenters. The van der Waals surface area contributed by atoms with E-state index in [0.29, 0.717) is 0 Å². The summed E-state index contributed by atoms with van der Waals surface area (Å²) in [6.45, 7) is 2.05. The number of halogens is 2. The number of aromatic nitrogens is 2. The smallest absolute Gasteiger partial charge is 0.0959 e. The van der Waals surface area contributed by atoms with Gasteiger partial charge in [-0.25, -0.2) is 4.98 Å². The fourth-order valence-corrected chi connectivity index (χ4v) is 0.676. The Morgan fingerprint density at radius 1 is 1.55 bits per heavy atom. The quantitative estimate of drug-likeness (QED) is 0.784. The lowest BCUT2D eigenvalue weighted by molar-refractivity contribution is 0.505. The summed E-state index contributed by atoms with van der Waals surface area (Å²) in [7, 11) is 0. The van der Waals surface area contributed by atoms with Gasteiger partial charge in [0, 0.05) is 12.4 Å². The van der Waals surface area contributed by atoms with Crippen molar-refractivity contribution in [2.45, 2.75) is 19.5 Å². The molecule has 1 heterocycles. The van der Waals surface area contributed by atoms with Crippen molar-refractivity contribution in [3.63, 3.8) is 0 Å². The van der Waals surface area contributed by atoms with Crippen LogP contribution >= 0.6 is 24.8 Å². The highest BCUT2D eigenvalue weighted by Gasteiger charge is 1.97. The van der Waals surface area contributed by atoms with Crippen LogP contribution in [0, 0.1) is 0 Å². The van der Waals surface area contributed by atoms with Gasteiger partial charge in [-0.2, -0.15) is 0 Å². The zero-order valence-electron chi connectivity index (χ0n) is 6.30. The summed E-state index contributed by atoms with van der Waals surface area (Å²) in [5.74, 6) is 0. The monoisotopic (exact) mass is 197 g/mol. The summed E-state index contributed by atoms with van der Waals surface area (Å²) < 4.78 is 1.89. The van der Waals surface area contributed by atoms with Gasteiger partial charge in [-0.05, 0) is 6.42 Å². The Balaban J connectivity index is 0. The molecule has 1 aromatic rings. The molecule has 0 spiro atoms. The molecule has 2 N–H and O–H groups in total. The highest BCUT2D eigenvalue weighted by Crippen LogP contribution is 2.00. The number of hydrogen-bond donors (Lipinski definition) is 1. The van der Waals surface area contributed by atoms with Crippen molar-refractivity contribution in [1.82, 2.24) is 9.55 Å². The molecule has 0 aromatic carbocycles. The van der Waals surface area contributed by atoms with Crippen molar-refractivity contribution in [2.75, 3.05) is 0 Å². The summed E-state index contributed by atoms with van der Waals surface area (Å²) in [6, 6.07) is 0. The topological polar surface area (TPSA) is 43.8 Å². The molecule has 1 rings (SSSR count). The van der Waals surface area contributed by atoms with E-state index in [1.165, 1.54) is 0 Å². The third-order valence-corrected chi connectivity index (χ3v) is 1.33. The highest BCUT2D eigenvalue weighted by atomic mass is 35.5. The van der Waals surface area contributed by atoms with Crippen LogP contribution in [-0.4, -0.2) is 9.55 Å². The first-order valence-electron chi connectivity index (χ1n) is 3.07. The predicted molar refractivity (Wildman–Crippen MR) is 50.2 cm³/mol. The van der Waals surface area contributed by atoms with Gasteiger partial charge in [0.25, 0.3) is 0 Å². The molecule has 0 amide bonds. The lowest BCUT2D eigenvalue weighted by Gasteiger charge is -2.08. The molecule has 3 nitrogen and oxygen atoms in total. The zero-order valence-corrected chi connectivity index (χ0v) is 7.94. The molecule has 66 valence electrons. The van der Waals surface area contributed by atoms with E-state index >= 15 is 0 Å². The van der Waals surface area contributed by atoms with Gasteiger partial charge in [0.05, 0.1) is 12.5 Å². The molecule has 0 aliphatic heterocycles. The van der Waals surface area contributed by atoms with Gasteiger partial charge in [0.2, 0.25) is 0 Å². The Hall–Kier alpha value is -0.250. The highest BCUT2D eigenvalue weighted by molar-refractivity contribution is 5.85. The van der Waals surface area contributed by atoms with Crippen molar-refractivity contribution >= 4 is 24.8 Å². The van der Waals surface area contributed by atoms with Crippen LogP contribution in [0.4, 0.5) is 0 Å². The SMILES string of the molecule is CCC(N)n1ccnc1.Cl.Cl. The second kappa shape index (κ2) is 6.46. The molecule has 0 bridgehead atoms. The minimum absolute atomic E-state index is 0. The van der Waals surface area contributed by atoms with Crippen molar-refractivity contribution in [1.29, 1.82) is 0 Å². The second-order valence-corrected chi connectivity index (χ2v) is 1.99. The third kappa shape index (κ3) is 3.60. The Morgan fingerprint density at radius 3 is 2.55 bits per heavy atom. The molecule has 0 saturated carbocycles. The van der Waals surface area contributed by atoms with Crippen molar-refractivity contribution in [2.24, 2.45) is 5.73 Å². The molecule has 0 saturated heterocycles. The van der Waals surface area contributed by atoms with Gasteiger partial charge in [-0.1, -0.05) is 6.92 Å². The van der Waals surface area contributed by atoms with Crippen molar-refractivity contribution in [3.05, 3.63) is 18.7 Å². The fourth-order valence-electron chi connectivity index (χ4n) is 0.676. The van der Waals surface area contributed by atoms with Gasteiger partial charge >= 0.3 is 0 Å². The average Bonchev–Trinajstić information content (AvgIpc) is 2.37. The summed E-state index contributed by atoms with van der Waals surface area (Å²) in [4.78, 5) is 3.87. The van der Waals surface area contributed by atoms with E-state index in [0.717, 1.165) is 6.42 Å². The van der Waals surface area contributed by atoms with Crippen LogP contribution in [0.15, 0.2) is 18.7 Å². The maximum absolute atomic E-state index is 5.66. The van der Waals surface area contributed by atoms with Gasteiger partial charge in [0.15, 0.2) is 0 Å². The number of nitrogens with two attached hydrogens (primary N) is 1. The Bertz CT molecular complexity index is 164. The summed E-state index contributed by atoms with van der Waals surface area (Å²) in [6.07, 6.45) is 6.36. The van der Waals surface area contributed by atoms with Gasteiger partial charge in [-0.3, -0.25) is 0 Å². The van der Waals surface area contributed by atoms with Crippen LogP contribution in [0.5, 0.6) is 0 Å². The second-order valence-electron chi connectivity index (χ2n) is 1.99. The number of imidazole rings is 1. The van der Waals surface area contributed by atoms with Gasteiger partial charge < -0.3 is 10.3 Å². The van der Waals surface area contributed by atoms with Crippen LogP contribution in [0.2, 0.25) is 0 Å². The van der Waals surface area contributed by atoms with Crippen LogP contribution in [-0.2, 0) is 0 Å². The molecular weight excluding hydrogens is 185 g/mol. The first kappa shape index (κ1) is 13.3. The van der Waals surface area contributed by atoms with E-state index in [-0.39, 0.29) is 31.0 Å². The standard InChI is InChI=1S/C6H11N3.2ClH/c1-2-6(7)9-4-3-8-5-9;;/h3-6H,2,7H2,1H3;2*1H. The molecule has 0 aliphatic rings. The molecule has 1 aromatic heterocycles. The molecule has 0 radical (unpaired) electrons. The van der Waals surface area contributed by atoms with E-state index in [4.69, 9.17) is 5.73 Å². The van der Waals surface area contributed by atoms with E-state index in [9.17, 15) is 0 Å². The van der Waals surface area contributed by atoms with E-state index in [1.807, 2.05) is 17.7 Å². The first-order chi connectivity index (χ1) is 4.34. The number of rotatable bonds is 2.